The minimum Gasteiger partial charge on any atom is -0.382 e. The van der Waals surface area contributed by atoms with Gasteiger partial charge in [0.05, 0.1) is 12.1 Å². The van der Waals surface area contributed by atoms with Crippen LogP contribution in [0.2, 0.25) is 0 Å². The number of nitrogens with zero attached hydrogens (tertiary/aromatic N) is 1. The summed E-state index contributed by atoms with van der Waals surface area (Å²) in [5.74, 6) is -0.788. The maximum absolute atomic E-state index is 13.0. The molecule has 1 saturated carbocycles. The van der Waals surface area contributed by atoms with E-state index in [0.717, 1.165) is 25.7 Å². The summed E-state index contributed by atoms with van der Waals surface area (Å²) >= 11 is 0. The topological polar surface area (TPSA) is 75.7 Å². The Kier molecular flexibility index (Phi) is 4.37. The van der Waals surface area contributed by atoms with E-state index in [-0.39, 0.29) is 12.5 Å². The van der Waals surface area contributed by atoms with Crippen LogP contribution in [-0.4, -0.2) is 42.0 Å². The molecule has 0 aromatic heterocycles. The Labute approximate surface area is 125 Å². The van der Waals surface area contributed by atoms with Crippen LogP contribution in [0.5, 0.6) is 0 Å². The molecule has 1 heterocycles. The van der Waals surface area contributed by atoms with Gasteiger partial charge in [-0.2, -0.15) is 0 Å². The Hall–Kier alpha value is -1.43. The highest BCUT2D eigenvalue weighted by Gasteiger charge is 2.56. The number of barbiturate groups is 1. The third-order valence-corrected chi connectivity index (χ3v) is 4.53. The fourth-order valence-electron chi connectivity index (χ4n) is 3.42. The Balaban J connectivity index is 2.37. The smallest absolute Gasteiger partial charge is 0.331 e. The van der Waals surface area contributed by atoms with Gasteiger partial charge in [0, 0.05) is 7.11 Å². The van der Waals surface area contributed by atoms with Crippen LogP contribution in [0, 0.1) is 5.41 Å². The lowest BCUT2D eigenvalue weighted by atomic mass is 9.76. The lowest BCUT2D eigenvalue weighted by molar-refractivity contribution is -0.157. The number of urea groups is 1. The van der Waals surface area contributed by atoms with Crippen molar-refractivity contribution in [2.45, 2.75) is 57.9 Å². The normalized spacial score (nSPS) is 23.2. The third-order valence-electron chi connectivity index (χ3n) is 4.53. The Morgan fingerprint density at radius 3 is 2.24 bits per heavy atom. The van der Waals surface area contributed by atoms with Crippen LogP contribution in [0.25, 0.3) is 0 Å². The summed E-state index contributed by atoms with van der Waals surface area (Å²) in [6, 6.07) is -0.637. The predicted octanol–water partition coefficient (Wildman–Crippen LogP) is 1.83. The molecule has 0 atom stereocenters. The Bertz CT molecular complexity index is 451. The molecular formula is C15H24N2O4. The van der Waals surface area contributed by atoms with Crippen molar-refractivity contribution in [3.8, 4) is 0 Å². The van der Waals surface area contributed by atoms with Crippen LogP contribution in [0.1, 0.15) is 52.4 Å². The molecule has 2 rings (SSSR count). The molecule has 1 saturated heterocycles. The molecule has 1 spiro atoms. The van der Waals surface area contributed by atoms with Gasteiger partial charge in [-0.05, 0) is 26.7 Å². The lowest BCUT2D eigenvalue weighted by Crippen LogP contribution is -2.69. The van der Waals surface area contributed by atoms with Crippen LogP contribution in [0.4, 0.5) is 4.79 Å². The summed E-state index contributed by atoms with van der Waals surface area (Å²) < 4.78 is 5.12. The number of methoxy groups -OCH3 is 1. The SMILES string of the molecule is COCC(C)(C)N1C(=O)NC(=O)C2(CCCCCC2)C1=O. The maximum atomic E-state index is 13.0. The predicted molar refractivity (Wildman–Crippen MR) is 76.5 cm³/mol. The van der Waals surface area contributed by atoms with E-state index < -0.39 is 22.9 Å². The van der Waals surface area contributed by atoms with E-state index in [9.17, 15) is 14.4 Å². The number of amides is 4. The van der Waals surface area contributed by atoms with E-state index >= 15 is 0 Å². The largest absolute Gasteiger partial charge is 0.382 e. The zero-order chi connectivity index (χ0) is 15.7. The van der Waals surface area contributed by atoms with E-state index in [1.165, 1.54) is 12.0 Å². The highest BCUT2D eigenvalue weighted by atomic mass is 16.5. The molecule has 6 heteroatoms. The summed E-state index contributed by atoms with van der Waals surface area (Å²) in [6.07, 6.45) is 4.77. The van der Waals surface area contributed by atoms with Gasteiger partial charge in [0.15, 0.2) is 0 Å². The molecule has 0 aromatic rings. The number of carbonyl (C=O) groups excluding carboxylic acids is 3. The lowest BCUT2D eigenvalue weighted by Gasteiger charge is -2.45. The second kappa shape index (κ2) is 5.75. The molecule has 0 bridgehead atoms. The van der Waals surface area contributed by atoms with Crippen molar-refractivity contribution in [2.24, 2.45) is 5.41 Å². The molecule has 2 aliphatic rings. The van der Waals surface area contributed by atoms with Crippen molar-refractivity contribution in [1.29, 1.82) is 0 Å². The molecule has 0 aromatic carbocycles. The molecule has 2 fully saturated rings. The molecular weight excluding hydrogens is 272 g/mol. The van der Waals surface area contributed by atoms with Crippen molar-refractivity contribution in [2.75, 3.05) is 13.7 Å². The zero-order valence-corrected chi connectivity index (χ0v) is 13.0. The molecule has 0 unspecified atom stereocenters. The fourth-order valence-corrected chi connectivity index (χ4v) is 3.42. The van der Waals surface area contributed by atoms with Gasteiger partial charge in [-0.25, -0.2) is 4.79 Å². The van der Waals surface area contributed by atoms with Crippen molar-refractivity contribution >= 4 is 17.8 Å². The average molecular weight is 296 g/mol. The third kappa shape index (κ3) is 2.69. The Morgan fingerprint density at radius 2 is 1.71 bits per heavy atom. The van der Waals surface area contributed by atoms with Crippen molar-refractivity contribution in [1.82, 2.24) is 10.2 Å². The number of hydrogen-bond acceptors (Lipinski definition) is 4. The minimum absolute atomic E-state index is 0.233. The van der Waals surface area contributed by atoms with Crippen LogP contribution in [0.3, 0.4) is 0 Å². The monoisotopic (exact) mass is 296 g/mol. The van der Waals surface area contributed by atoms with Gasteiger partial charge in [-0.1, -0.05) is 25.7 Å². The summed E-state index contributed by atoms with van der Waals surface area (Å²) in [6.45, 7) is 3.78. The van der Waals surface area contributed by atoms with Crippen molar-refractivity contribution in [3.63, 3.8) is 0 Å². The molecule has 6 nitrogen and oxygen atoms in total. The van der Waals surface area contributed by atoms with Crippen molar-refractivity contribution in [3.05, 3.63) is 0 Å². The number of carbonyl (C=O) groups is 3. The number of imide groups is 2. The zero-order valence-electron chi connectivity index (χ0n) is 13.0. The molecule has 1 N–H and O–H groups in total. The van der Waals surface area contributed by atoms with Crippen LogP contribution < -0.4 is 5.32 Å². The van der Waals surface area contributed by atoms with Crippen LogP contribution >= 0.6 is 0 Å². The van der Waals surface area contributed by atoms with E-state index in [1.807, 2.05) is 0 Å². The first kappa shape index (κ1) is 15.9. The van der Waals surface area contributed by atoms with Gasteiger partial charge in [0.1, 0.15) is 5.41 Å². The minimum atomic E-state index is -1.07. The summed E-state index contributed by atoms with van der Waals surface area (Å²) in [7, 11) is 1.53. The second-order valence-corrected chi connectivity index (χ2v) is 6.64. The van der Waals surface area contributed by atoms with E-state index in [2.05, 4.69) is 5.32 Å². The highest BCUT2D eigenvalue weighted by Crippen LogP contribution is 2.40. The van der Waals surface area contributed by atoms with Gasteiger partial charge in [0.25, 0.3) is 0 Å². The molecule has 0 radical (unpaired) electrons. The Morgan fingerprint density at radius 1 is 1.14 bits per heavy atom. The molecule has 4 amide bonds. The van der Waals surface area contributed by atoms with E-state index in [0.29, 0.717) is 12.8 Å². The standard InChI is InChI=1S/C15H24N2O4/c1-14(2,10-21-3)17-12(19)15(11(18)16-13(17)20)8-6-4-5-7-9-15/h4-10H2,1-3H3,(H,16,18,20). The van der Waals surface area contributed by atoms with Gasteiger partial charge < -0.3 is 4.74 Å². The first-order chi connectivity index (χ1) is 9.85. The number of nitrogens with one attached hydrogen (secondary N) is 1. The fraction of sp³-hybridized carbons (Fsp3) is 0.800. The van der Waals surface area contributed by atoms with Gasteiger partial charge in [-0.3, -0.25) is 19.8 Å². The highest BCUT2D eigenvalue weighted by molar-refractivity contribution is 6.19. The number of ether oxygens (including phenoxy) is 1. The molecule has 21 heavy (non-hydrogen) atoms. The van der Waals surface area contributed by atoms with Crippen molar-refractivity contribution < 1.29 is 19.1 Å². The number of hydrogen-bond donors (Lipinski definition) is 1. The van der Waals surface area contributed by atoms with Crippen LogP contribution in [0.15, 0.2) is 0 Å². The summed E-state index contributed by atoms with van der Waals surface area (Å²) in [5.41, 5.74) is -1.86. The first-order valence-corrected chi connectivity index (χ1v) is 7.54. The average Bonchev–Trinajstić information content (AvgIpc) is 2.63. The summed E-state index contributed by atoms with van der Waals surface area (Å²) in [5, 5.41) is 2.38. The van der Waals surface area contributed by atoms with E-state index in [4.69, 9.17) is 4.74 Å². The molecule has 1 aliphatic carbocycles. The van der Waals surface area contributed by atoms with Gasteiger partial charge in [-0.15, -0.1) is 0 Å². The van der Waals surface area contributed by atoms with Gasteiger partial charge >= 0.3 is 6.03 Å². The maximum Gasteiger partial charge on any atom is 0.331 e. The quantitative estimate of drug-likeness (QED) is 0.806. The number of rotatable bonds is 3. The summed E-state index contributed by atoms with van der Waals surface area (Å²) in [4.78, 5) is 38.7. The van der Waals surface area contributed by atoms with E-state index in [1.54, 1.807) is 13.8 Å². The van der Waals surface area contributed by atoms with Gasteiger partial charge in [0.2, 0.25) is 11.8 Å². The second-order valence-electron chi connectivity index (χ2n) is 6.64. The molecule has 1 aliphatic heterocycles. The first-order valence-electron chi connectivity index (χ1n) is 7.54. The van der Waals surface area contributed by atoms with Crippen LogP contribution in [-0.2, 0) is 14.3 Å². The molecule has 118 valence electrons.